The Balaban J connectivity index is 2.04. The summed E-state index contributed by atoms with van der Waals surface area (Å²) >= 11 is 4.73. The molecule has 0 aliphatic carbocycles. The smallest absolute Gasteiger partial charge is 0.208 e. The van der Waals surface area contributed by atoms with Gasteiger partial charge in [-0.3, -0.25) is 5.10 Å². The Kier molecular flexibility index (Phi) is 3.60. The average molecular weight is 302 g/mol. The number of rotatable bonds is 3. The second kappa shape index (κ2) is 4.97. The standard InChI is InChI=1S/C10H9BrFN3S/c1-6-13-10(15-14-6)16-5-7-2-8(11)4-9(12)3-7/h2-4H,5H2,1H3,(H,13,14,15). The molecule has 1 heterocycles. The van der Waals surface area contributed by atoms with Crippen molar-refractivity contribution in [3.8, 4) is 0 Å². The van der Waals surface area contributed by atoms with Crippen LogP contribution in [0.1, 0.15) is 11.4 Å². The van der Waals surface area contributed by atoms with Crippen LogP contribution in [0.4, 0.5) is 4.39 Å². The monoisotopic (exact) mass is 301 g/mol. The Morgan fingerprint density at radius 1 is 1.44 bits per heavy atom. The van der Waals surface area contributed by atoms with Gasteiger partial charge < -0.3 is 0 Å². The van der Waals surface area contributed by atoms with E-state index in [4.69, 9.17) is 0 Å². The number of nitrogens with one attached hydrogen (secondary N) is 1. The molecule has 84 valence electrons. The third-order valence-corrected chi connectivity index (χ3v) is 3.24. The van der Waals surface area contributed by atoms with E-state index in [-0.39, 0.29) is 5.82 Å². The first-order valence-corrected chi connectivity index (χ1v) is 6.38. The number of aromatic nitrogens is 3. The van der Waals surface area contributed by atoms with Crippen LogP contribution in [0, 0.1) is 12.7 Å². The van der Waals surface area contributed by atoms with Crippen LogP contribution < -0.4 is 0 Å². The fourth-order valence-corrected chi connectivity index (χ4v) is 2.52. The van der Waals surface area contributed by atoms with Crippen molar-refractivity contribution in [1.82, 2.24) is 15.2 Å². The Hall–Kier alpha value is -0.880. The zero-order chi connectivity index (χ0) is 11.5. The van der Waals surface area contributed by atoms with Gasteiger partial charge in [0.25, 0.3) is 0 Å². The Labute approximate surface area is 105 Å². The lowest BCUT2D eigenvalue weighted by Gasteiger charge is -2.00. The minimum atomic E-state index is -0.240. The number of thioether (sulfide) groups is 1. The molecule has 0 radical (unpaired) electrons. The highest BCUT2D eigenvalue weighted by atomic mass is 79.9. The lowest BCUT2D eigenvalue weighted by molar-refractivity contribution is 0.625. The van der Waals surface area contributed by atoms with Crippen LogP contribution in [0.15, 0.2) is 27.8 Å². The molecule has 0 amide bonds. The van der Waals surface area contributed by atoms with Crippen molar-refractivity contribution in [2.24, 2.45) is 0 Å². The van der Waals surface area contributed by atoms with E-state index in [2.05, 4.69) is 31.1 Å². The van der Waals surface area contributed by atoms with Gasteiger partial charge in [-0.1, -0.05) is 27.7 Å². The topological polar surface area (TPSA) is 41.6 Å². The van der Waals surface area contributed by atoms with Crippen molar-refractivity contribution < 1.29 is 4.39 Å². The summed E-state index contributed by atoms with van der Waals surface area (Å²) in [5.74, 6) is 1.19. The summed E-state index contributed by atoms with van der Waals surface area (Å²) in [7, 11) is 0. The number of aromatic amines is 1. The van der Waals surface area contributed by atoms with Crippen molar-refractivity contribution >= 4 is 27.7 Å². The summed E-state index contributed by atoms with van der Waals surface area (Å²) in [6.45, 7) is 1.84. The maximum Gasteiger partial charge on any atom is 0.208 e. The summed E-state index contributed by atoms with van der Waals surface area (Å²) in [5.41, 5.74) is 0.902. The Morgan fingerprint density at radius 2 is 2.25 bits per heavy atom. The van der Waals surface area contributed by atoms with E-state index in [0.717, 1.165) is 15.9 Å². The maximum atomic E-state index is 13.1. The van der Waals surface area contributed by atoms with Crippen LogP contribution in [-0.4, -0.2) is 15.2 Å². The van der Waals surface area contributed by atoms with Gasteiger partial charge in [-0.2, -0.15) is 0 Å². The minimum absolute atomic E-state index is 0.240. The second-order valence-electron chi connectivity index (χ2n) is 3.27. The molecule has 1 aromatic carbocycles. The molecule has 1 aromatic heterocycles. The zero-order valence-corrected chi connectivity index (χ0v) is 10.9. The van der Waals surface area contributed by atoms with Crippen molar-refractivity contribution in [1.29, 1.82) is 0 Å². The highest BCUT2D eigenvalue weighted by Crippen LogP contribution is 2.22. The van der Waals surface area contributed by atoms with Gasteiger partial charge in [0.05, 0.1) is 0 Å². The van der Waals surface area contributed by atoms with E-state index in [0.29, 0.717) is 10.9 Å². The number of benzene rings is 1. The number of hydrogen-bond acceptors (Lipinski definition) is 3. The van der Waals surface area contributed by atoms with Gasteiger partial charge in [0.2, 0.25) is 5.16 Å². The SMILES string of the molecule is Cc1nc(SCc2cc(F)cc(Br)c2)n[nH]1. The molecule has 0 atom stereocenters. The second-order valence-corrected chi connectivity index (χ2v) is 5.13. The van der Waals surface area contributed by atoms with E-state index in [1.165, 1.54) is 23.9 Å². The molecular formula is C10H9BrFN3S. The fraction of sp³-hybridized carbons (Fsp3) is 0.200. The van der Waals surface area contributed by atoms with Gasteiger partial charge >= 0.3 is 0 Å². The molecule has 0 saturated heterocycles. The van der Waals surface area contributed by atoms with Gasteiger partial charge in [0.1, 0.15) is 11.6 Å². The Morgan fingerprint density at radius 3 is 2.88 bits per heavy atom. The first-order chi connectivity index (χ1) is 7.63. The Bertz CT molecular complexity index is 480. The molecule has 0 bridgehead atoms. The molecule has 16 heavy (non-hydrogen) atoms. The van der Waals surface area contributed by atoms with Gasteiger partial charge in [0, 0.05) is 10.2 Å². The van der Waals surface area contributed by atoms with Crippen LogP contribution in [0.3, 0.4) is 0 Å². The average Bonchev–Trinajstić information content (AvgIpc) is 2.60. The number of nitrogens with zero attached hydrogens (tertiary/aromatic N) is 2. The van der Waals surface area contributed by atoms with E-state index in [9.17, 15) is 4.39 Å². The van der Waals surface area contributed by atoms with Crippen LogP contribution in [0.2, 0.25) is 0 Å². The molecule has 0 fully saturated rings. The molecular weight excluding hydrogens is 293 g/mol. The largest absolute Gasteiger partial charge is 0.262 e. The van der Waals surface area contributed by atoms with Gasteiger partial charge in [-0.15, -0.1) is 5.10 Å². The molecule has 0 saturated carbocycles. The normalized spacial score (nSPS) is 10.7. The molecule has 0 spiro atoms. The van der Waals surface area contributed by atoms with Crippen molar-refractivity contribution in [3.63, 3.8) is 0 Å². The number of aryl methyl sites for hydroxylation is 1. The van der Waals surface area contributed by atoms with E-state index < -0.39 is 0 Å². The number of hydrogen-bond donors (Lipinski definition) is 1. The van der Waals surface area contributed by atoms with E-state index >= 15 is 0 Å². The van der Waals surface area contributed by atoms with Gasteiger partial charge in [-0.25, -0.2) is 9.37 Å². The third-order valence-electron chi connectivity index (χ3n) is 1.87. The number of halogens is 2. The number of H-pyrrole nitrogens is 1. The van der Waals surface area contributed by atoms with Crippen LogP contribution >= 0.6 is 27.7 Å². The first kappa shape index (κ1) is 11.6. The van der Waals surface area contributed by atoms with Crippen molar-refractivity contribution in [3.05, 3.63) is 39.9 Å². The van der Waals surface area contributed by atoms with Gasteiger partial charge in [-0.05, 0) is 30.7 Å². The van der Waals surface area contributed by atoms with Crippen LogP contribution in [0.25, 0.3) is 0 Å². The highest BCUT2D eigenvalue weighted by Gasteiger charge is 2.03. The molecule has 2 aromatic rings. The third kappa shape index (κ3) is 3.05. The van der Waals surface area contributed by atoms with Crippen LogP contribution in [0.5, 0.6) is 0 Å². The molecule has 0 aliphatic heterocycles. The predicted octanol–water partition coefficient (Wildman–Crippen LogP) is 3.31. The lowest BCUT2D eigenvalue weighted by Crippen LogP contribution is -1.85. The quantitative estimate of drug-likeness (QED) is 0.884. The van der Waals surface area contributed by atoms with E-state index in [1.807, 2.05) is 13.0 Å². The molecule has 2 rings (SSSR count). The summed E-state index contributed by atoms with van der Waals surface area (Å²) in [6, 6.07) is 4.83. The summed E-state index contributed by atoms with van der Waals surface area (Å²) in [5, 5.41) is 7.44. The summed E-state index contributed by atoms with van der Waals surface area (Å²) in [6.07, 6.45) is 0. The molecule has 0 aliphatic rings. The zero-order valence-electron chi connectivity index (χ0n) is 8.50. The maximum absolute atomic E-state index is 13.1. The van der Waals surface area contributed by atoms with Crippen LogP contribution in [-0.2, 0) is 5.75 Å². The summed E-state index contributed by atoms with van der Waals surface area (Å²) in [4.78, 5) is 4.16. The predicted molar refractivity (Wildman–Crippen MR) is 64.8 cm³/mol. The first-order valence-electron chi connectivity index (χ1n) is 4.60. The fourth-order valence-electron chi connectivity index (χ4n) is 1.23. The molecule has 6 heteroatoms. The molecule has 1 N–H and O–H groups in total. The van der Waals surface area contributed by atoms with Crippen molar-refractivity contribution in [2.75, 3.05) is 0 Å². The highest BCUT2D eigenvalue weighted by molar-refractivity contribution is 9.10. The molecule has 0 unspecified atom stereocenters. The van der Waals surface area contributed by atoms with E-state index in [1.54, 1.807) is 0 Å². The van der Waals surface area contributed by atoms with Crippen molar-refractivity contribution in [2.45, 2.75) is 17.8 Å². The van der Waals surface area contributed by atoms with Gasteiger partial charge in [0.15, 0.2) is 0 Å². The molecule has 3 nitrogen and oxygen atoms in total. The summed E-state index contributed by atoms with van der Waals surface area (Å²) < 4.78 is 13.8. The lowest BCUT2D eigenvalue weighted by atomic mass is 10.2. The minimum Gasteiger partial charge on any atom is -0.262 e.